The van der Waals surface area contributed by atoms with E-state index in [2.05, 4.69) is 0 Å². The molecule has 0 spiro atoms. The monoisotopic (exact) mass is 207 g/mol. The lowest BCUT2D eigenvalue weighted by Crippen LogP contribution is -2.39. The van der Waals surface area contributed by atoms with Crippen molar-refractivity contribution in [3.63, 3.8) is 0 Å². The molecular formula is C10H13N3O2. The molecule has 1 rings (SSSR count). The number of carbonyl (C=O) groups is 2. The molecule has 4 N–H and O–H groups in total. The number of hydrogen-bond donors (Lipinski definition) is 2. The van der Waals surface area contributed by atoms with E-state index in [9.17, 15) is 9.59 Å². The van der Waals surface area contributed by atoms with Crippen molar-refractivity contribution in [3.8, 4) is 0 Å². The maximum absolute atomic E-state index is 10.8. The lowest BCUT2D eigenvalue weighted by atomic mass is 10.3. The van der Waals surface area contributed by atoms with Gasteiger partial charge in [0.1, 0.15) is 0 Å². The Bertz CT molecular complexity index is 335. The fourth-order valence-corrected chi connectivity index (χ4v) is 1.25. The first-order chi connectivity index (χ1) is 7.09. The zero-order chi connectivity index (χ0) is 11.3. The summed E-state index contributed by atoms with van der Waals surface area (Å²) >= 11 is 0. The molecule has 0 fully saturated rings. The van der Waals surface area contributed by atoms with Gasteiger partial charge in [0, 0.05) is 5.69 Å². The van der Waals surface area contributed by atoms with Crippen molar-refractivity contribution >= 4 is 17.5 Å². The zero-order valence-corrected chi connectivity index (χ0v) is 8.22. The van der Waals surface area contributed by atoms with E-state index in [-0.39, 0.29) is 13.1 Å². The Balaban J connectivity index is 2.81. The molecule has 0 aliphatic heterocycles. The second kappa shape index (κ2) is 4.99. The molecule has 80 valence electrons. The summed E-state index contributed by atoms with van der Waals surface area (Å²) in [7, 11) is 0. The van der Waals surface area contributed by atoms with Crippen molar-refractivity contribution < 1.29 is 9.59 Å². The molecule has 0 saturated heterocycles. The number of rotatable bonds is 5. The number of para-hydroxylation sites is 1. The zero-order valence-electron chi connectivity index (χ0n) is 8.22. The molecule has 0 aromatic heterocycles. The second-order valence-corrected chi connectivity index (χ2v) is 3.12. The van der Waals surface area contributed by atoms with Gasteiger partial charge in [0.25, 0.3) is 0 Å². The summed E-state index contributed by atoms with van der Waals surface area (Å²) in [6.45, 7) is -0.0418. The SMILES string of the molecule is NC(=O)CN(CC(N)=O)c1ccccc1. The van der Waals surface area contributed by atoms with Crippen molar-refractivity contribution in [3.05, 3.63) is 30.3 Å². The molecule has 2 amide bonds. The average molecular weight is 207 g/mol. The van der Waals surface area contributed by atoms with E-state index in [1.54, 1.807) is 12.1 Å². The molecule has 0 saturated carbocycles. The topological polar surface area (TPSA) is 89.4 Å². The van der Waals surface area contributed by atoms with Crippen molar-refractivity contribution in [1.82, 2.24) is 0 Å². The summed E-state index contributed by atoms with van der Waals surface area (Å²) in [5.74, 6) is -1.000. The van der Waals surface area contributed by atoms with Crippen LogP contribution in [0.5, 0.6) is 0 Å². The summed E-state index contributed by atoms with van der Waals surface area (Å²) in [5, 5.41) is 0. The molecule has 5 nitrogen and oxygen atoms in total. The van der Waals surface area contributed by atoms with E-state index in [1.165, 1.54) is 4.90 Å². The van der Waals surface area contributed by atoms with Gasteiger partial charge < -0.3 is 16.4 Å². The van der Waals surface area contributed by atoms with Gasteiger partial charge in [-0.05, 0) is 12.1 Å². The third-order valence-electron chi connectivity index (χ3n) is 1.81. The summed E-state index contributed by atoms with van der Waals surface area (Å²) in [6.07, 6.45) is 0. The van der Waals surface area contributed by atoms with Crippen LogP contribution in [-0.2, 0) is 9.59 Å². The van der Waals surface area contributed by atoms with Crippen LogP contribution in [0.1, 0.15) is 0 Å². The summed E-state index contributed by atoms with van der Waals surface area (Å²) in [4.78, 5) is 23.1. The van der Waals surface area contributed by atoms with E-state index in [1.807, 2.05) is 18.2 Å². The molecule has 1 aromatic carbocycles. The van der Waals surface area contributed by atoms with E-state index in [0.29, 0.717) is 0 Å². The van der Waals surface area contributed by atoms with Crippen molar-refractivity contribution in [1.29, 1.82) is 0 Å². The standard InChI is InChI=1S/C10H13N3O2/c11-9(14)6-13(7-10(12)15)8-4-2-1-3-5-8/h1-5H,6-7H2,(H2,11,14)(H2,12,15). The number of primary amides is 2. The Labute approximate surface area is 87.7 Å². The van der Waals surface area contributed by atoms with Gasteiger partial charge in [-0.25, -0.2) is 0 Å². The minimum atomic E-state index is -0.500. The van der Waals surface area contributed by atoms with Crippen molar-refractivity contribution in [2.45, 2.75) is 0 Å². The molecule has 0 aliphatic carbocycles. The highest BCUT2D eigenvalue weighted by Crippen LogP contribution is 2.11. The van der Waals surface area contributed by atoms with Gasteiger partial charge in [0.05, 0.1) is 13.1 Å². The van der Waals surface area contributed by atoms with Gasteiger partial charge >= 0.3 is 0 Å². The molecule has 0 bridgehead atoms. The fraction of sp³-hybridized carbons (Fsp3) is 0.200. The van der Waals surface area contributed by atoms with E-state index < -0.39 is 11.8 Å². The predicted octanol–water partition coefficient (Wildman–Crippen LogP) is -0.536. The van der Waals surface area contributed by atoms with Gasteiger partial charge in [-0.3, -0.25) is 9.59 Å². The Hall–Kier alpha value is -2.04. The molecule has 1 aromatic rings. The van der Waals surface area contributed by atoms with Crippen LogP contribution in [0.2, 0.25) is 0 Å². The predicted molar refractivity (Wildman–Crippen MR) is 57.0 cm³/mol. The summed E-state index contributed by atoms with van der Waals surface area (Å²) < 4.78 is 0. The molecule has 0 unspecified atom stereocenters. The van der Waals surface area contributed by atoms with Gasteiger partial charge in [-0.1, -0.05) is 18.2 Å². The van der Waals surface area contributed by atoms with Crippen LogP contribution in [0.3, 0.4) is 0 Å². The summed E-state index contributed by atoms with van der Waals surface area (Å²) in [5.41, 5.74) is 10.9. The maximum atomic E-state index is 10.8. The molecule has 0 radical (unpaired) electrons. The number of nitrogens with two attached hydrogens (primary N) is 2. The first-order valence-electron chi connectivity index (χ1n) is 4.46. The highest BCUT2D eigenvalue weighted by Gasteiger charge is 2.11. The van der Waals surface area contributed by atoms with Crippen LogP contribution in [0, 0.1) is 0 Å². The number of anilines is 1. The van der Waals surface area contributed by atoms with Crippen molar-refractivity contribution in [2.24, 2.45) is 11.5 Å². The van der Waals surface area contributed by atoms with E-state index >= 15 is 0 Å². The minimum Gasteiger partial charge on any atom is -0.368 e. The average Bonchev–Trinajstić information content (AvgIpc) is 2.17. The number of amides is 2. The maximum Gasteiger partial charge on any atom is 0.236 e. The van der Waals surface area contributed by atoms with Gasteiger partial charge in [0.2, 0.25) is 11.8 Å². The molecule has 15 heavy (non-hydrogen) atoms. The van der Waals surface area contributed by atoms with Crippen molar-refractivity contribution in [2.75, 3.05) is 18.0 Å². The Kier molecular flexibility index (Phi) is 3.68. The van der Waals surface area contributed by atoms with Gasteiger partial charge in [-0.2, -0.15) is 0 Å². The molecule has 0 aliphatic rings. The van der Waals surface area contributed by atoms with Crippen LogP contribution >= 0.6 is 0 Å². The molecule has 0 atom stereocenters. The van der Waals surface area contributed by atoms with E-state index in [0.717, 1.165) is 5.69 Å². The smallest absolute Gasteiger partial charge is 0.236 e. The Morgan fingerprint density at radius 3 is 1.87 bits per heavy atom. The highest BCUT2D eigenvalue weighted by molar-refractivity contribution is 5.84. The fourth-order valence-electron chi connectivity index (χ4n) is 1.25. The molecular weight excluding hydrogens is 194 g/mol. The van der Waals surface area contributed by atoms with Gasteiger partial charge in [0.15, 0.2) is 0 Å². The van der Waals surface area contributed by atoms with Crippen LogP contribution in [0.4, 0.5) is 5.69 Å². The lowest BCUT2D eigenvalue weighted by Gasteiger charge is -2.21. The van der Waals surface area contributed by atoms with E-state index in [4.69, 9.17) is 11.5 Å². The third-order valence-corrected chi connectivity index (χ3v) is 1.81. The number of hydrogen-bond acceptors (Lipinski definition) is 3. The normalized spacial score (nSPS) is 9.60. The van der Waals surface area contributed by atoms with Crippen LogP contribution < -0.4 is 16.4 Å². The van der Waals surface area contributed by atoms with Crippen LogP contribution in [-0.4, -0.2) is 24.9 Å². The highest BCUT2D eigenvalue weighted by atomic mass is 16.2. The molecule has 5 heteroatoms. The van der Waals surface area contributed by atoms with Gasteiger partial charge in [-0.15, -0.1) is 0 Å². The van der Waals surface area contributed by atoms with Crippen LogP contribution in [0.25, 0.3) is 0 Å². The van der Waals surface area contributed by atoms with Crippen LogP contribution in [0.15, 0.2) is 30.3 Å². The number of carbonyl (C=O) groups excluding carboxylic acids is 2. The first kappa shape index (κ1) is 11.0. The summed E-state index contributed by atoms with van der Waals surface area (Å²) in [6, 6.07) is 9.03. The second-order valence-electron chi connectivity index (χ2n) is 3.12. The largest absolute Gasteiger partial charge is 0.368 e. The minimum absolute atomic E-state index is 0.0209. The lowest BCUT2D eigenvalue weighted by molar-refractivity contribution is -0.117. The third kappa shape index (κ3) is 3.68. The number of benzene rings is 1. The Morgan fingerprint density at radius 1 is 1.00 bits per heavy atom. The first-order valence-corrected chi connectivity index (χ1v) is 4.46. The Morgan fingerprint density at radius 2 is 1.47 bits per heavy atom. The number of nitrogens with zero attached hydrogens (tertiary/aromatic N) is 1. The quantitative estimate of drug-likeness (QED) is 0.679. The molecule has 0 heterocycles.